The molecule has 0 aliphatic carbocycles. The molecule has 2 aromatic carbocycles. The number of amides is 1. The molecule has 11 heteroatoms. The Balaban J connectivity index is 1.47. The van der Waals surface area contributed by atoms with E-state index in [-0.39, 0.29) is 6.79 Å². The zero-order chi connectivity index (χ0) is 23.8. The number of hydrogen-bond acceptors (Lipinski definition) is 10. The topological polar surface area (TPSA) is 123 Å². The van der Waals surface area contributed by atoms with E-state index in [1.165, 1.54) is 21.3 Å². The lowest BCUT2D eigenvalue weighted by Crippen LogP contribution is -2.22. The number of benzene rings is 2. The van der Waals surface area contributed by atoms with E-state index in [0.717, 1.165) is 5.56 Å². The van der Waals surface area contributed by atoms with Crippen LogP contribution in [-0.2, 0) is 19.2 Å². The number of nitrogens with zero attached hydrogens (tertiary/aromatic N) is 1. The van der Waals surface area contributed by atoms with Gasteiger partial charge in [-0.05, 0) is 25.1 Å². The largest absolute Gasteiger partial charge is 0.493 e. The first-order chi connectivity index (χ1) is 15.9. The maximum atomic E-state index is 12.1. The van der Waals surface area contributed by atoms with Gasteiger partial charge in [0.2, 0.25) is 19.1 Å². The van der Waals surface area contributed by atoms with Crippen LogP contribution in [0.4, 0.5) is 5.69 Å². The normalized spacial score (nSPS) is 12.1. The summed E-state index contributed by atoms with van der Waals surface area (Å²) in [5, 5.41) is 6.48. The first-order valence-corrected chi connectivity index (χ1v) is 9.77. The number of anilines is 1. The van der Waals surface area contributed by atoms with Gasteiger partial charge >= 0.3 is 5.97 Å². The summed E-state index contributed by atoms with van der Waals surface area (Å²) in [5.74, 6) is 1.08. The SMILES string of the molecule is COc1cc(NC(=O)COC(=O)CO/N=C(\C)c2ccc3c(c2)OCO3)cc(OC)c1OC. The number of oxime groups is 1. The molecule has 1 N–H and O–H groups in total. The predicted octanol–water partition coefficient (Wildman–Crippen LogP) is 2.36. The summed E-state index contributed by atoms with van der Waals surface area (Å²) < 4.78 is 31.2. The van der Waals surface area contributed by atoms with Crippen molar-refractivity contribution in [3.8, 4) is 28.7 Å². The minimum Gasteiger partial charge on any atom is -0.493 e. The summed E-state index contributed by atoms with van der Waals surface area (Å²) in [6.07, 6.45) is 0. The van der Waals surface area contributed by atoms with Gasteiger partial charge in [0.1, 0.15) is 0 Å². The summed E-state index contributed by atoms with van der Waals surface area (Å²) in [5.41, 5.74) is 1.66. The Bertz CT molecular complexity index is 1030. The molecule has 176 valence electrons. The van der Waals surface area contributed by atoms with Crippen molar-refractivity contribution in [2.24, 2.45) is 5.16 Å². The Morgan fingerprint density at radius 1 is 0.970 bits per heavy atom. The number of nitrogens with one attached hydrogen (secondary N) is 1. The Morgan fingerprint density at radius 3 is 2.33 bits per heavy atom. The lowest BCUT2D eigenvalue weighted by Gasteiger charge is -2.14. The van der Waals surface area contributed by atoms with Crippen LogP contribution in [0.2, 0.25) is 0 Å². The van der Waals surface area contributed by atoms with Crippen molar-refractivity contribution >= 4 is 23.3 Å². The average Bonchev–Trinajstić information content (AvgIpc) is 3.30. The van der Waals surface area contributed by atoms with E-state index >= 15 is 0 Å². The van der Waals surface area contributed by atoms with Gasteiger partial charge < -0.3 is 38.6 Å². The van der Waals surface area contributed by atoms with Crippen LogP contribution in [0, 0.1) is 0 Å². The lowest BCUT2D eigenvalue weighted by atomic mass is 10.1. The number of rotatable bonds is 10. The fraction of sp³-hybridized carbons (Fsp3) is 0.318. The van der Waals surface area contributed by atoms with Crippen LogP contribution in [0.5, 0.6) is 28.7 Å². The minimum atomic E-state index is -0.753. The van der Waals surface area contributed by atoms with Gasteiger partial charge in [-0.2, -0.15) is 0 Å². The molecule has 0 atom stereocenters. The Kier molecular flexibility index (Phi) is 7.79. The van der Waals surface area contributed by atoms with Gasteiger partial charge in [-0.3, -0.25) is 4.79 Å². The van der Waals surface area contributed by atoms with E-state index in [2.05, 4.69) is 10.5 Å². The molecule has 0 radical (unpaired) electrons. The number of ether oxygens (including phenoxy) is 6. The molecule has 0 fully saturated rings. The number of carbonyl (C=O) groups excluding carboxylic acids is 2. The third-order valence-corrected chi connectivity index (χ3v) is 4.49. The quantitative estimate of drug-likeness (QED) is 0.323. The number of methoxy groups -OCH3 is 3. The molecule has 0 unspecified atom stereocenters. The van der Waals surface area contributed by atoms with Crippen LogP contribution in [0.25, 0.3) is 0 Å². The minimum absolute atomic E-state index is 0.171. The van der Waals surface area contributed by atoms with Gasteiger partial charge in [0.05, 0.1) is 27.0 Å². The van der Waals surface area contributed by atoms with Crippen LogP contribution in [0.1, 0.15) is 12.5 Å². The van der Waals surface area contributed by atoms with Gasteiger partial charge in [0.15, 0.2) is 29.6 Å². The molecule has 3 rings (SSSR count). The summed E-state index contributed by atoms with van der Waals surface area (Å²) in [7, 11) is 4.39. The van der Waals surface area contributed by atoms with E-state index in [9.17, 15) is 9.59 Å². The molecular formula is C22H24N2O9. The van der Waals surface area contributed by atoms with E-state index in [0.29, 0.717) is 40.1 Å². The van der Waals surface area contributed by atoms with E-state index < -0.39 is 25.1 Å². The van der Waals surface area contributed by atoms with Crippen LogP contribution in [-0.4, -0.2) is 58.9 Å². The van der Waals surface area contributed by atoms with Crippen molar-refractivity contribution in [3.63, 3.8) is 0 Å². The van der Waals surface area contributed by atoms with Crippen LogP contribution >= 0.6 is 0 Å². The Morgan fingerprint density at radius 2 is 1.67 bits per heavy atom. The van der Waals surface area contributed by atoms with Crippen LogP contribution < -0.4 is 29.0 Å². The van der Waals surface area contributed by atoms with Gasteiger partial charge in [-0.25, -0.2) is 4.79 Å². The molecule has 2 aromatic rings. The molecule has 0 spiro atoms. The van der Waals surface area contributed by atoms with E-state index in [4.69, 9.17) is 33.3 Å². The second-order valence-electron chi connectivity index (χ2n) is 6.64. The van der Waals surface area contributed by atoms with Gasteiger partial charge in [0.25, 0.3) is 5.91 Å². The second-order valence-corrected chi connectivity index (χ2v) is 6.64. The van der Waals surface area contributed by atoms with Crippen molar-refractivity contribution < 1.29 is 42.8 Å². The van der Waals surface area contributed by atoms with E-state index in [1.807, 2.05) is 0 Å². The molecule has 33 heavy (non-hydrogen) atoms. The molecule has 0 saturated heterocycles. The summed E-state index contributed by atoms with van der Waals surface area (Å²) in [6, 6.07) is 8.42. The number of hydrogen-bond donors (Lipinski definition) is 1. The van der Waals surface area contributed by atoms with Crippen LogP contribution in [0.15, 0.2) is 35.5 Å². The van der Waals surface area contributed by atoms with Gasteiger partial charge in [-0.15, -0.1) is 0 Å². The molecular weight excluding hydrogens is 436 g/mol. The third-order valence-electron chi connectivity index (χ3n) is 4.49. The molecule has 1 amide bonds. The summed E-state index contributed by atoms with van der Waals surface area (Å²) in [4.78, 5) is 29.0. The molecule has 11 nitrogen and oxygen atoms in total. The highest BCUT2D eigenvalue weighted by atomic mass is 16.7. The first-order valence-electron chi connectivity index (χ1n) is 9.77. The highest BCUT2D eigenvalue weighted by Crippen LogP contribution is 2.39. The van der Waals surface area contributed by atoms with E-state index in [1.54, 1.807) is 37.3 Å². The van der Waals surface area contributed by atoms with Crippen molar-refractivity contribution in [2.75, 3.05) is 46.7 Å². The molecule has 1 heterocycles. The van der Waals surface area contributed by atoms with Gasteiger partial charge in [-0.1, -0.05) is 5.16 Å². The molecule has 1 aliphatic rings. The highest BCUT2D eigenvalue weighted by molar-refractivity contribution is 5.99. The maximum Gasteiger partial charge on any atom is 0.347 e. The summed E-state index contributed by atoms with van der Waals surface area (Å²) >= 11 is 0. The summed E-state index contributed by atoms with van der Waals surface area (Å²) in [6.45, 7) is 0.918. The average molecular weight is 460 g/mol. The number of fused-ring (bicyclic) bond motifs is 1. The van der Waals surface area contributed by atoms with Crippen molar-refractivity contribution in [3.05, 3.63) is 35.9 Å². The van der Waals surface area contributed by atoms with Crippen LogP contribution in [0.3, 0.4) is 0 Å². The fourth-order valence-electron chi connectivity index (χ4n) is 2.89. The number of carbonyl (C=O) groups is 2. The van der Waals surface area contributed by atoms with Crippen molar-refractivity contribution in [1.82, 2.24) is 0 Å². The molecule has 0 bridgehead atoms. The zero-order valence-electron chi connectivity index (χ0n) is 18.6. The molecule has 0 aromatic heterocycles. The highest BCUT2D eigenvalue weighted by Gasteiger charge is 2.16. The Hall–Kier alpha value is -4.15. The molecule has 1 aliphatic heterocycles. The third kappa shape index (κ3) is 5.97. The monoisotopic (exact) mass is 460 g/mol. The number of esters is 1. The predicted molar refractivity (Wildman–Crippen MR) is 116 cm³/mol. The van der Waals surface area contributed by atoms with Gasteiger partial charge in [0, 0.05) is 23.4 Å². The van der Waals surface area contributed by atoms with Crippen molar-refractivity contribution in [1.29, 1.82) is 0 Å². The standard InChI is InChI=1S/C22H24N2O9/c1-13(14-5-6-16-17(7-14)32-12-31-16)24-33-11-21(26)30-10-20(25)23-15-8-18(27-2)22(29-4)19(9-15)28-3/h5-9H,10-12H2,1-4H3,(H,23,25)/b24-13+. The first kappa shape index (κ1) is 23.5. The second kappa shape index (κ2) is 10.9. The maximum absolute atomic E-state index is 12.1. The smallest absolute Gasteiger partial charge is 0.347 e. The molecule has 0 saturated carbocycles. The zero-order valence-corrected chi connectivity index (χ0v) is 18.6. The van der Waals surface area contributed by atoms with Crippen molar-refractivity contribution in [2.45, 2.75) is 6.92 Å². The fourth-order valence-corrected chi connectivity index (χ4v) is 2.89. The Labute approximate surface area is 190 Å². The lowest BCUT2D eigenvalue weighted by molar-refractivity contribution is -0.151.